The SMILES string of the molecule is C=C/C=C\c1[nH]c(-c2ccc3c(c2)CCn2c-3cc(OCC3COCCO3)nc2=O)cc1C. The van der Waals surface area contributed by atoms with Crippen LogP contribution in [0.3, 0.4) is 0 Å². The lowest BCUT2D eigenvalue weighted by Crippen LogP contribution is -2.34. The first-order chi connectivity index (χ1) is 16.1. The van der Waals surface area contributed by atoms with Crippen molar-refractivity contribution in [2.24, 2.45) is 0 Å². The fourth-order valence-corrected chi connectivity index (χ4v) is 4.33. The number of rotatable bonds is 6. The first-order valence-electron chi connectivity index (χ1n) is 11.2. The van der Waals surface area contributed by atoms with E-state index in [-0.39, 0.29) is 11.8 Å². The summed E-state index contributed by atoms with van der Waals surface area (Å²) in [4.78, 5) is 20.3. The smallest absolute Gasteiger partial charge is 0.351 e. The molecule has 1 fully saturated rings. The van der Waals surface area contributed by atoms with Crippen LogP contribution >= 0.6 is 0 Å². The zero-order chi connectivity index (χ0) is 22.8. The standard InChI is InChI=1S/C26H27N3O4/c1-3-4-5-22-17(2)12-23(27-22)19-6-7-21-18(13-19)8-9-29-24(21)14-25(28-26(29)30)33-16-20-15-31-10-11-32-20/h3-7,12-14,20,27H,1,8-11,15-16H2,2H3/b5-4-. The third-order valence-electron chi connectivity index (χ3n) is 6.04. The van der Waals surface area contributed by atoms with Gasteiger partial charge in [-0.05, 0) is 48.2 Å². The van der Waals surface area contributed by atoms with Crippen molar-refractivity contribution < 1.29 is 14.2 Å². The Morgan fingerprint density at radius 1 is 1.30 bits per heavy atom. The number of H-pyrrole nitrogens is 1. The van der Waals surface area contributed by atoms with E-state index in [2.05, 4.69) is 47.7 Å². The topological polar surface area (TPSA) is 78.4 Å². The Labute approximate surface area is 192 Å². The molecule has 7 heteroatoms. The predicted molar refractivity (Wildman–Crippen MR) is 127 cm³/mol. The molecule has 1 unspecified atom stereocenters. The molecule has 1 aromatic carbocycles. The van der Waals surface area contributed by atoms with Crippen LogP contribution in [0.5, 0.6) is 5.88 Å². The van der Waals surface area contributed by atoms with Gasteiger partial charge in [-0.1, -0.05) is 30.9 Å². The van der Waals surface area contributed by atoms with E-state index in [4.69, 9.17) is 14.2 Å². The van der Waals surface area contributed by atoms with Crippen LogP contribution in [0.2, 0.25) is 0 Å². The molecule has 1 saturated heterocycles. The third-order valence-corrected chi connectivity index (χ3v) is 6.04. The molecular weight excluding hydrogens is 418 g/mol. The van der Waals surface area contributed by atoms with Crippen LogP contribution in [0.15, 0.2) is 53.9 Å². The lowest BCUT2D eigenvalue weighted by Gasteiger charge is -2.24. The average molecular weight is 446 g/mol. The predicted octanol–water partition coefficient (Wildman–Crippen LogP) is 3.76. The maximum Gasteiger partial charge on any atom is 0.351 e. The third kappa shape index (κ3) is 4.42. The summed E-state index contributed by atoms with van der Waals surface area (Å²) in [6.45, 7) is 8.35. The lowest BCUT2D eigenvalue weighted by molar-refractivity contribution is -0.102. The molecule has 0 radical (unpaired) electrons. The van der Waals surface area contributed by atoms with Crippen LogP contribution in [-0.2, 0) is 22.4 Å². The molecule has 3 aromatic rings. The van der Waals surface area contributed by atoms with Crippen molar-refractivity contribution in [3.8, 4) is 28.4 Å². The number of aryl methyl sites for hydroxylation is 2. The van der Waals surface area contributed by atoms with E-state index < -0.39 is 0 Å². The normalized spacial score (nSPS) is 17.5. The zero-order valence-corrected chi connectivity index (χ0v) is 18.7. The Morgan fingerprint density at radius 2 is 2.21 bits per heavy atom. The van der Waals surface area contributed by atoms with Crippen molar-refractivity contribution >= 4 is 6.08 Å². The number of aromatic amines is 1. The summed E-state index contributed by atoms with van der Waals surface area (Å²) in [6.07, 6.45) is 6.33. The van der Waals surface area contributed by atoms with Gasteiger partial charge in [0.2, 0.25) is 5.88 Å². The fourth-order valence-electron chi connectivity index (χ4n) is 4.33. The highest BCUT2D eigenvalue weighted by Gasteiger charge is 2.21. The highest BCUT2D eigenvalue weighted by atomic mass is 16.6. The molecule has 5 rings (SSSR count). The molecule has 2 aromatic heterocycles. The number of nitrogens with zero attached hydrogens (tertiary/aromatic N) is 2. The maximum atomic E-state index is 12.7. The Bertz CT molecular complexity index is 1270. The van der Waals surface area contributed by atoms with Gasteiger partial charge in [-0.15, -0.1) is 0 Å². The van der Waals surface area contributed by atoms with Gasteiger partial charge in [0.05, 0.1) is 25.5 Å². The number of benzene rings is 1. The van der Waals surface area contributed by atoms with Crippen molar-refractivity contribution in [1.29, 1.82) is 0 Å². The molecule has 0 saturated carbocycles. The monoisotopic (exact) mass is 445 g/mol. The van der Waals surface area contributed by atoms with Gasteiger partial charge < -0.3 is 19.2 Å². The summed E-state index contributed by atoms with van der Waals surface area (Å²) in [6, 6.07) is 10.4. The largest absolute Gasteiger partial charge is 0.475 e. The highest BCUT2D eigenvalue weighted by molar-refractivity contribution is 5.73. The average Bonchev–Trinajstić information content (AvgIpc) is 3.22. The summed E-state index contributed by atoms with van der Waals surface area (Å²) in [5, 5.41) is 0. The molecule has 0 spiro atoms. The van der Waals surface area contributed by atoms with Gasteiger partial charge >= 0.3 is 5.69 Å². The molecule has 2 aliphatic rings. The second kappa shape index (κ2) is 9.21. The van der Waals surface area contributed by atoms with Gasteiger partial charge in [0.25, 0.3) is 0 Å². The number of fused-ring (bicyclic) bond motifs is 3. The van der Waals surface area contributed by atoms with Crippen LogP contribution in [0.1, 0.15) is 16.8 Å². The van der Waals surface area contributed by atoms with Gasteiger partial charge in [0, 0.05) is 29.6 Å². The minimum Gasteiger partial charge on any atom is -0.475 e. The second-order valence-corrected chi connectivity index (χ2v) is 8.29. The van der Waals surface area contributed by atoms with Gasteiger partial charge in [0.15, 0.2) is 0 Å². The lowest BCUT2D eigenvalue weighted by atomic mass is 9.94. The Morgan fingerprint density at radius 3 is 3.03 bits per heavy atom. The van der Waals surface area contributed by atoms with Crippen LogP contribution < -0.4 is 10.4 Å². The molecule has 0 bridgehead atoms. The van der Waals surface area contributed by atoms with Crippen LogP contribution in [-0.4, -0.2) is 47.1 Å². The van der Waals surface area contributed by atoms with Crippen LogP contribution in [0, 0.1) is 6.92 Å². The second-order valence-electron chi connectivity index (χ2n) is 8.29. The number of hydrogen-bond donors (Lipinski definition) is 1. The molecular formula is C26H27N3O4. The molecule has 7 nitrogen and oxygen atoms in total. The molecule has 33 heavy (non-hydrogen) atoms. The molecule has 4 heterocycles. The first kappa shape index (κ1) is 21.4. The number of allylic oxidation sites excluding steroid dienone is 2. The highest BCUT2D eigenvalue weighted by Crippen LogP contribution is 2.33. The minimum atomic E-state index is -0.295. The minimum absolute atomic E-state index is 0.148. The molecule has 2 aliphatic heterocycles. The molecule has 170 valence electrons. The zero-order valence-electron chi connectivity index (χ0n) is 18.7. The Hall–Kier alpha value is -3.42. The van der Waals surface area contributed by atoms with Gasteiger partial charge in [-0.3, -0.25) is 4.57 Å². The van der Waals surface area contributed by atoms with Gasteiger partial charge in [-0.25, -0.2) is 4.79 Å². The molecule has 1 N–H and O–H groups in total. The van der Waals surface area contributed by atoms with Crippen molar-refractivity contribution in [1.82, 2.24) is 14.5 Å². The van der Waals surface area contributed by atoms with Crippen molar-refractivity contribution in [3.05, 3.63) is 76.4 Å². The maximum absolute atomic E-state index is 12.7. The van der Waals surface area contributed by atoms with Crippen molar-refractivity contribution in [2.45, 2.75) is 26.0 Å². The summed E-state index contributed by atoms with van der Waals surface area (Å²) < 4.78 is 18.5. The quantitative estimate of drug-likeness (QED) is 0.585. The Kier molecular flexibility index (Phi) is 5.98. The number of nitrogens with one attached hydrogen (secondary N) is 1. The Balaban J connectivity index is 1.43. The molecule has 0 aliphatic carbocycles. The molecule has 0 amide bonds. The summed E-state index contributed by atoms with van der Waals surface area (Å²) in [7, 11) is 0. The molecule has 1 atom stereocenters. The van der Waals surface area contributed by atoms with Crippen LogP contribution in [0.4, 0.5) is 0 Å². The van der Waals surface area contributed by atoms with E-state index in [1.807, 2.05) is 18.2 Å². The summed E-state index contributed by atoms with van der Waals surface area (Å²) >= 11 is 0. The van der Waals surface area contributed by atoms with E-state index in [1.54, 1.807) is 10.6 Å². The number of aromatic nitrogens is 3. The first-order valence-corrected chi connectivity index (χ1v) is 11.2. The fraction of sp³-hybridized carbons (Fsp3) is 0.308. The number of hydrogen-bond acceptors (Lipinski definition) is 5. The van der Waals surface area contributed by atoms with Gasteiger partial charge in [-0.2, -0.15) is 4.98 Å². The van der Waals surface area contributed by atoms with E-state index >= 15 is 0 Å². The van der Waals surface area contributed by atoms with Crippen LogP contribution in [0.25, 0.3) is 28.6 Å². The van der Waals surface area contributed by atoms with E-state index in [9.17, 15) is 4.79 Å². The summed E-state index contributed by atoms with van der Waals surface area (Å²) in [5.41, 5.74) is 7.19. The van der Waals surface area contributed by atoms with E-state index in [0.29, 0.717) is 38.9 Å². The summed E-state index contributed by atoms with van der Waals surface area (Å²) in [5.74, 6) is 0.316. The number of ether oxygens (including phenoxy) is 3. The van der Waals surface area contributed by atoms with Gasteiger partial charge in [0.1, 0.15) is 12.7 Å². The van der Waals surface area contributed by atoms with E-state index in [1.165, 1.54) is 11.1 Å². The van der Waals surface area contributed by atoms with Crippen molar-refractivity contribution in [3.63, 3.8) is 0 Å². The van der Waals surface area contributed by atoms with Crippen molar-refractivity contribution in [2.75, 3.05) is 26.4 Å². The van der Waals surface area contributed by atoms with E-state index in [0.717, 1.165) is 34.6 Å².